The van der Waals surface area contributed by atoms with Crippen molar-refractivity contribution in [3.05, 3.63) is 28.0 Å². The molecule has 60 valence electrons. The smallest absolute Gasteiger partial charge is 0.0587 e. The Morgan fingerprint density at radius 3 is 3.09 bits per heavy atom. The number of fused-ring (bicyclic) bond motifs is 1. The highest BCUT2D eigenvalue weighted by molar-refractivity contribution is 9.10. The van der Waals surface area contributed by atoms with Crippen molar-refractivity contribution in [2.75, 3.05) is 0 Å². The summed E-state index contributed by atoms with van der Waals surface area (Å²) >= 11 is 3.37. The fourth-order valence-corrected chi connectivity index (χ4v) is 1.52. The summed E-state index contributed by atoms with van der Waals surface area (Å²) in [6.07, 6.45) is 1.84. The number of halogens is 2. The van der Waals surface area contributed by atoms with E-state index >= 15 is 0 Å². The molecule has 0 unspecified atom stereocenters. The second-order valence-corrected chi connectivity index (χ2v) is 3.28. The summed E-state index contributed by atoms with van der Waals surface area (Å²) in [5.74, 6) is 0. The average molecular weight is 236 g/mol. The Bertz CT molecular complexity index is 265. The lowest BCUT2D eigenvalue weighted by molar-refractivity contribution is 0.757. The van der Waals surface area contributed by atoms with Crippen LogP contribution in [-0.4, -0.2) is 4.98 Å². The second kappa shape index (κ2) is 3.52. The van der Waals surface area contributed by atoms with Gasteiger partial charge >= 0.3 is 0 Å². The van der Waals surface area contributed by atoms with Gasteiger partial charge in [-0.2, -0.15) is 0 Å². The van der Waals surface area contributed by atoms with E-state index in [9.17, 15) is 0 Å². The molecule has 0 aliphatic carbocycles. The van der Waals surface area contributed by atoms with Crippen molar-refractivity contribution < 1.29 is 0 Å². The Hall–Kier alpha value is -0.120. The summed E-state index contributed by atoms with van der Waals surface area (Å²) in [6, 6.07) is 2.11. The Morgan fingerprint density at radius 1 is 1.45 bits per heavy atom. The minimum atomic E-state index is 0. The summed E-state index contributed by atoms with van der Waals surface area (Å²) in [6.45, 7) is 1.88. The van der Waals surface area contributed by atoms with Gasteiger partial charge in [0.15, 0.2) is 0 Å². The van der Waals surface area contributed by atoms with Crippen molar-refractivity contribution in [1.82, 2.24) is 10.3 Å². The molecule has 0 bridgehead atoms. The molecular formula is C7H8BrClN2. The summed E-state index contributed by atoms with van der Waals surface area (Å²) in [5.41, 5.74) is 2.50. The molecule has 2 nitrogen and oxygen atoms in total. The Balaban J connectivity index is 0.000000605. The molecule has 1 N–H and O–H groups in total. The molecule has 0 saturated carbocycles. The predicted octanol–water partition coefficient (Wildman–Crippen LogP) is 1.87. The molecule has 1 aromatic heterocycles. The standard InChI is InChI=1S/C7H7BrN2.ClH/c8-6-1-5-2-9-4-7(5)10-3-6;/h1,3,9H,2,4H2;1H. The normalized spacial score (nSPS) is 13.9. The molecule has 1 aliphatic heterocycles. The van der Waals surface area contributed by atoms with Gasteiger partial charge in [-0.15, -0.1) is 12.4 Å². The lowest BCUT2D eigenvalue weighted by Crippen LogP contribution is -2.00. The Morgan fingerprint density at radius 2 is 2.27 bits per heavy atom. The molecule has 0 aromatic carbocycles. The van der Waals surface area contributed by atoms with Crippen molar-refractivity contribution in [2.45, 2.75) is 13.1 Å². The number of nitrogens with one attached hydrogen (secondary N) is 1. The van der Waals surface area contributed by atoms with E-state index in [4.69, 9.17) is 0 Å². The maximum Gasteiger partial charge on any atom is 0.0587 e. The van der Waals surface area contributed by atoms with Crippen LogP contribution in [0, 0.1) is 0 Å². The van der Waals surface area contributed by atoms with E-state index < -0.39 is 0 Å². The largest absolute Gasteiger partial charge is 0.307 e. The molecule has 2 heterocycles. The van der Waals surface area contributed by atoms with Crippen molar-refractivity contribution in [3.63, 3.8) is 0 Å². The summed E-state index contributed by atoms with van der Waals surface area (Å²) in [7, 11) is 0. The van der Waals surface area contributed by atoms with Crippen LogP contribution in [0.5, 0.6) is 0 Å². The molecule has 0 saturated heterocycles. The number of hydrogen-bond acceptors (Lipinski definition) is 2. The first-order valence-corrected chi connectivity index (χ1v) is 3.99. The van der Waals surface area contributed by atoms with Crippen LogP contribution in [0.4, 0.5) is 0 Å². The highest BCUT2D eigenvalue weighted by Crippen LogP contribution is 2.17. The van der Waals surface area contributed by atoms with Gasteiger partial charge in [0.1, 0.15) is 0 Å². The lowest BCUT2D eigenvalue weighted by atomic mass is 10.2. The zero-order chi connectivity index (χ0) is 6.97. The second-order valence-electron chi connectivity index (χ2n) is 2.36. The van der Waals surface area contributed by atoms with Crippen molar-refractivity contribution in [3.8, 4) is 0 Å². The van der Waals surface area contributed by atoms with E-state index in [1.165, 1.54) is 11.3 Å². The van der Waals surface area contributed by atoms with Crippen LogP contribution >= 0.6 is 28.3 Å². The minimum Gasteiger partial charge on any atom is -0.307 e. The molecule has 2 rings (SSSR count). The van der Waals surface area contributed by atoms with E-state index in [-0.39, 0.29) is 12.4 Å². The van der Waals surface area contributed by atoms with E-state index in [0.717, 1.165) is 17.6 Å². The number of nitrogens with zero attached hydrogens (tertiary/aromatic N) is 1. The quantitative estimate of drug-likeness (QED) is 0.743. The van der Waals surface area contributed by atoms with Crippen LogP contribution < -0.4 is 5.32 Å². The van der Waals surface area contributed by atoms with E-state index in [0.29, 0.717) is 0 Å². The number of aromatic nitrogens is 1. The van der Waals surface area contributed by atoms with Gasteiger partial charge in [-0.05, 0) is 27.6 Å². The maximum absolute atomic E-state index is 4.25. The van der Waals surface area contributed by atoms with Crippen LogP contribution in [0.3, 0.4) is 0 Å². The number of pyridine rings is 1. The summed E-state index contributed by atoms with van der Waals surface area (Å²) in [4.78, 5) is 4.25. The van der Waals surface area contributed by atoms with Gasteiger partial charge < -0.3 is 5.32 Å². The van der Waals surface area contributed by atoms with Gasteiger partial charge in [0.2, 0.25) is 0 Å². The molecule has 4 heteroatoms. The zero-order valence-corrected chi connectivity index (χ0v) is 8.20. The van der Waals surface area contributed by atoms with E-state index in [1.54, 1.807) is 0 Å². The van der Waals surface area contributed by atoms with Crippen molar-refractivity contribution in [1.29, 1.82) is 0 Å². The number of hydrogen-bond donors (Lipinski definition) is 1. The molecule has 0 radical (unpaired) electrons. The van der Waals surface area contributed by atoms with Crippen LogP contribution in [0.2, 0.25) is 0 Å². The zero-order valence-electron chi connectivity index (χ0n) is 5.80. The highest BCUT2D eigenvalue weighted by atomic mass is 79.9. The van der Waals surface area contributed by atoms with Crippen LogP contribution in [0.1, 0.15) is 11.3 Å². The number of rotatable bonds is 0. The van der Waals surface area contributed by atoms with Gasteiger partial charge in [-0.1, -0.05) is 0 Å². The summed E-state index contributed by atoms with van der Waals surface area (Å²) in [5, 5.41) is 3.23. The van der Waals surface area contributed by atoms with Crippen LogP contribution in [0.15, 0.2) is 16.7 Å². The SMILES string of the molecule is Brc1cnc2c(c1)CNC2.Cl. The lowest BCUT2D eigenvalue weighted by Gasteiger charge is -1.94. The Labute approximate surface area is 79.9 Å². The van der Waals surface area contributed by atoms with Gasteiger partial charge in [0, 0.05) is 23.8 Å². The highest BCUT2D eigenvalue weighted by Gasteiger charge is 2.09. The molecule has 11 heavy (non-hydrogen) atoms. The first kappa shape index (κ1) is 8.97. The molecule has 0 atom stereocenters. The molecular weight excluding hydrogens is 227 g/mol. The van der Waals surface area contributed by atoms with Crippen LogP contribution in [0.25, 0.3) is 0 Å². The molecule has 0 amide bonds. The summed E-state index contributed by atoms with van der Waals surface area (Å²) < 4.78 is 1.06. The Kier molecular flexibility index (Phi) is 2.87. The van der Waals surface area contributed by atoms with Crippen molar-refractivity contribution in [2.24, 2.45) is 0 Å². The molecule has 1 aromatic rings. The van der Waals surface area contributed by atoms with E-state index in [2.05, 4.69) is 32.3 Å². The van der Waals surface area contributed by atoms with Gasteiger partial charge in [0.25, 0.3) is 0 Å². The first-order valence-electron chi connectivity index (χ1n) is 3.20. The van der Waals surface area contributed by atoms with E-state index in [1.807, 2.05) is 6.20 Å². The first-order chi connectivity index (χ1) is 4.86. The topological polar surface area (TPSA) is 24.9 Å². The third kappa shape index (κ3) is 1.72. The monoisotopic (exact) mass is 234 g/mol. The molecule has 0 fully saturated rings. The van der Waals surface area contributed by atoms with Gasteiger partial charge in [-0.3, -0.25) is 4.98 Å². The predicted molar refractivity (Wildman–Crippen MR) is 49.7 cm³/mol. The van der Waals surface area contributed by atoms with Gasteiger partial charge in [0.05, 0.1) is 5.69 Å². The fourth-order valence-electron chi connectivity index (χ4n) is 1.14. The fraction of sp³-hybridized carbons (Fsp3) is 0.286. The average Bonchev–Trinajstić information content (AvgIpc) is 2.33. The maximum atomic E-state index is 4.25. The third-order valence-corrected chi connectivity index (χ3v) is 2.07. The third-order valence-electron chi connectivity index (χ3n) is 1.63. The molecule has 0 spiro atoms. The molecule has 1 aliphatic rings. The minimum absolute atomic E-state index is 0. The van der Waals surface area contributed by atoms with Crippen molar-refractivity contribution >= 4 is 28.3 Å². The van der Waals surface area contributed by atoms with Crippen LogP contribution in [-0.2, 0) is 13.1 Å². The van der Waals surface area contributed by atoms with Gasteiger partial charge in [-0.25, -0.2) is 0 Å².